The Morgan fingerprint density at radius 1 is 1.03 bits per heavy atom. The summed E-state index contributed by atoms with van der Waals surface area (Å²) in [4.78, 5) is 17.5. The van der Waals surface area contributed by atoms with Crippen LogP contribution in [0.3, 0.4) is 0 Å². The summed E-state index contributed by atoms with van der Waals surface area (Å²) < 4.78 is 21.7. The van der Waals surface area contributed by atoms with Crippen LogP contribution in [-0.2, 0) is 6.54 Å². The molecule has 1 N–H and O–H groups in total. The fourth-order valence-electron chi connectivity index (χ4n) is 4.23. The number of halogens is 4. The van der Waals surface area contributed by atoms with Gasteiger partial charge in [-0.1, -0.05) is 46.9 Å². The number of carbonyl (C=O) groups excluding carboxylic acids is 1. The van der Waals surface area contributed by atoms with Gasteiger partial charge in [0.05, 0.1) is 34.4 Å². The van der Waals surface area contributed by atoms with Gasteiger partial charge < -0.3 is 14.5 Å². The van der Waals surface area contributed by atoms with E-state index in [0.717, 1.165) is 11.1 Å². The number of methoxy groups -OCH3 is 1. The van der Waals surface area contributed by atoms with Crippen LogP contribution in [0.25, 0.3) is 21.8 Å². The van der Waals surface area contributed by atoms with Crippen LogP contribution in [0.5, 0.6) is 5.75 Å². The molecule has 0 saturated heterocycles. The van der Waals surface area contributed by atoms with Crippen molar-refractivity contribution in [1.82, 2.24) is 9.30 Å². The molecule has 0 atom stereocenters. The van der Waals surface area contributed by atoms with E-state index < -0.39 is 5.91 Å². The van der Waals surface area contributed by atoms with Crippen molar-refractivity contribution in [2.24, 2.45) is 4.99 Å². The number of nitrogens with zero attached hydrogens (tertiary/aromatic N) is 3. The van der Waals surface area contributed by atoms with Gasteiger partial charge in [-0.3, -0.25) is 4.79 Å². The summed E-state index contributed by atoms with van der Waals surface area (Å²) in [5.74, 6) is -0.449. The molecule has 5 aromatic rings. The van der Waals surface area contributed by atoms with E-state index in [2.05, 4.69) is 4.99 Å². The van der Waals surface area contributed by atoms with Gasteiger partial charge in [0.2, 0.25) is 0 Å². The normalized spacial score (nSPS) is 12.0. The monoisotopic (exact) mass is 543 g/mol. The lowest BCUT2D eigenvalue weighted by molar-refractivity contribution is 0.0989. The number of hydrogen-bond donors (Lipinski definition) is 1. The molecule has 0 unspecified atom stereocenters. The largest absolute Gasteiger partial charge is 0.495 e. The molecule has 36 heavy (non-hydrogen) atoms. The summed E-state index contributed by atoms with van der Waals surface area (Å²) in [5, 5.41) is 12.1. The number of benzene rings is 3. The van der Waals surface area contributed by atoms with Gasteiger partial charge in [0.25, 0.3) is 5.91 Å². The van der Waals surface area contributed by atoms with E-state index in [9.17, 15) is 14.4 Å². The SMILES string of the molecule is COc1ccc(C(=O)N=c2c(Cl)cc(Cl)cn2O)c2c3cc(Cl)ccc3n(Cc3ccc(F)cc3)c12. The molecule has 3 aromatic carbocycles. The van der Waals surface area contributed by atoms with Crippen molar-refractivity contribution in [3.63, 3.8) is 0 Å². The van der Waals surface area contributed by atoms with E-state index in [1.807, 2.05) is 10.6 Å². The second kappa shape index (κ2) is 9.50. The van der Waals surface area contributed by atoms with Crippen molar-refractivity contribution in [2.75, 3.05) is 7.11 Å². The van der Waals surface area contributed by atoms with Gasteiger partial charge >= 0.3 is 0 Å². The fourth-order valence-corrected chi connectivity index (χ4v) is 4.90. The maximum atomic E-state index is 13.5. The standard InChI is InChI=1S/C26H17Cl3FN3O3/c1-36-22-9-7-18(26(34)31-25-20(29)11-16(28)13-33(25)35)23-19-10-15(27)4-8-21(19)32(24(22)23)12-14-2-5-17(30)6-3-14/h2-11,13,35H,12H2,1H3. The Labute approximate surface area is 219 Å². The van der Waals surface area contributed by atoms with Crippen molar-refractivity contribution in [1.29, 1.82) is 0 Å². The van der Waals surface area contributed by atoms with Crippen LogP contribution in [0.2, 0.25) is 15.1 Å². The zero-order valence-corrected chi connectivity index (χ0v) is 20.9. The van der Waals surface area contributed by atoms with Crippen LogP contribution in [0.15, 0.2) is 71.9 Å². The predicted molar refractivity (Wildman–Crippen MR) is 138 cm³/mol. The van der Waals surface area contributed by atoms with Crippen LogP contribution in [-0.4, -0.2) is 27.5 Å². The van der Waals surface area contributed by atoms with Crippen LogP contribution < -0.4 is 10.2 Å². The van der Waals surface area contributed by atoms with Gasteiger partial charge in [-0.15, -0.1) is 0 Å². The number of pyridine rings is 1. The number of hydrogen-bond acceptors (Lipinski definition) is 3. The van der Waals surface area contributed by atoms with E-state index in [4.69, 9.17) is 39.5 Å². The van der Waals surface area contributed by atoms with Gasteiger partial charge in [-0.05, 0) is 54.1 Å². The second-order valence-electron chi connectivity index (χ2n) is 8.00. The van der Waals surface area contributed by atoms with Crippen LogP contribution in [0, 0.1) is 5.82 Å². The fraction of sp³-hybridized carbons (Fsp3) is 0.0769. The van der Waals surface area contributed by atoms with Crippen molar-refractivity contribution in [3.8, 4) is 5.75 Å². The Kier molecular flexibility index (Phi) is 6.38. The van der Waals surface area contributed by atoms with E-state index in [0.29, 0.717) is 38.3 Å². The molecule has 5 rings (SSSR count). The average Bonchev–Trinajstić information content (AvgIpc) is 3.15. The van der Waals surface area contributed by atoms with E-state index in [1.54, 1.807) is 36.4 Å². The topological polar surface area (TPSA) is 68.8 Å². The molecule has 0 aliphatic heterocycles. The third-order valence-corrected chi connectivity index (χ3v) is 6.50. The van der Waals surface area contributed by atoms with Gasteiger partial charge in [-0.2, -0.15) is 9.72 Å². The number of ether oxygens (including phenoxy) is 1. The number of rotatable bonds is 4. The van der Waals surface area contributed by atoms with Crippen molar-refractivity contribution in [2.45, 2.75) is 6.54 Å². The van der Waals surface area contributed by atoms with Crippen molar-refractivity contribution < 1.29 is 19.1 Å². The lowest BCUT2D eigenvalue weighted by Gasteiger charge is -2.11. The van der Waals surface area contributed by atoms with Crippen LogP contribution in [0.1, 0.15) is 15.9 Å². The first-order valence-electron chi connectivity index (χ1n) is 10.7. The lowest BCUT2D eigenvalue weighted by atomic mass is 10.1. The summed E-state index contributed by atoms with van der Waals surface area (Å²) >= 11 is 18.4. The van der Waals surface area contributed by atoms with E-state index >= 15 is 0 Å². The summed E-state index contributed by atoms with van der Waals surface area (Å²) in [5.41, 5.74) is 2.37. The minimum atomic E-state index is -0.643. The Balaban J connectivity index is 1.81. The zero-order valence-electron chi connectivity index (χ0n) is 18.7. The summed E-state index contributed by atoms with van der Waals surface area (Å²) in [6.07, 6.45) is 1.18. The third kappa shape index (κ3) is 4.30. The summed E-state index contributed by atoms with van der Waals surface area (Å²) in [6.45, 7) is 0.382. The first-order chi connectivity index (χ1) is 17.3. The molecule has 0 radical (unpaired) electrons. The Morgan fingerprint density at radius 3 is 2.47 bits per heavy atom. The summed E-state index contributed by atoms with van der Waals surface area (Å²) in [7, 11) is 1.54. The average molecular weight is 545 g/mol. The minimum absolute atomic E-state index is 0.00453. The molecule has 6 nitrogen and oxygen atoms in total. The predicted octanol–water partition coefficient (Wildman–Crippen LogP) is 6.73. The Bertz CT molecular complexity index is 1700. The summed E-state index contributed by atoms with van der Waals surface area (Å²) in [6, 6.07) is 16.2. The van der Waals surface area contributed by atoms with Crippen molar-refractivity contribution >= 4 is 62.5 Å². The maximum Gasteiger partial charge on any atom is 0.279 e. The van der Waals surface area contributed by atoms with Crippen molar-refractivity contribution in [3.05, 3.63) is 104 Å². The second-order valence-corrected chi connectivity index (χ2v) is 9.28. The lowest BCUT2D eigenvalue weighted by Crippen LogP contribution is -2.21. The molecule has 0 bridgehead atoms. The van der Waals surface area contributed by atoms with E-state index in [1.165, 1.54) is 31.5 Å². The molecular formula is C26H17Cl3FN3O3. The highest BCUT2D eigenvalue weighted by Gasteiger charge is 2.22. The molecule has 2 heterocycles. The number of fused-ring (bicyclic) bond motifs is 3. The molecular weight excluding hydrogens is 528 g/mol. The van der Waals surface area contributed by atoms with Gasteiger partial charge in [-0.25, -0.2) is 4.39 Å². The number of amides is 1. The molecule has 0 aliphatic rings. The van der Waals surface area contributed by atoms with Gasteiger partial charge in [0.1, 0.15) is 11.6 Å². The minimum Gasteiger partial charge on any atom is -0.495 e. The van der Waals surface area contributed by atoms with E-state index in [-0.39, 0.29) is 26.9 Å². The Morgan fingerprint density at radius 2 is 1.78 bits per heavy atom. The molecule has 0 saturated carbocycles. The first-order valence-corrected chi connectivity index (χ1v) is 11.8. The molecule has 0 fully saturated rings. The quantitative estimate of drug-likeness (QED) is 0.255. The smallest absolute Gasteiger partial charge is 0.279 e. The molecule has 0 spiro atoms. The Hall–Kier alpha value is -3.52. The molecule has 10 heteroatoms. The third-order valence-electron chi connectivity index (χ3n) is 5.78. The van der Waals surface area contributed by atoms with Crippen LogP contribution in [0.4, 0.5) is 4.39 Å². The number of aromatic nitrogens is 2. The molecule has 182 valence electrons. The number of carbonyl (C=O) groups is 1. The highest BCUT2D eigenvalue weighted by Crippen LogP contribution is 2.39. The van der Waals surface area contributed by atoms with Gasteiger partial charge in [0, 0.05) is 27.9 Å². The molecule has 1 amide bonds. The van der Waals surface area contributed by atoms with Crippen LogP contribution >= 0.6 is 34.8 Å². The maximum absolute atomic E-state index is 13.5. The zero-order chi connectivity index (χ0) is 25.6. The molecule has 0 aliphatic carbocycles. The first kappa shape index (κ1) is 24.2. The highest BCUT2D eigenvalue weighted by molar-refractivity contribution is 6.34. The molecule has 2 aromatic heterocycles. The highest BCUT2D eigenvalue weighted by atomic mass is 35.5. The van der Waals surface area contributed by atoms with Gasteiger partial charge in [0.15, 0.2) is 5.49 Å².